The molecule has 0 atom stereocenters. The standard InChI is InChI=1S/C13H12O5S/c14-13(15)12-7-6-11(18-12)9-19(16,17)8-10-4-2-1-3-5-10/h1-7H,8-9H2,(H,14,15)/p-1. The van der Waals surface area contributed by atoms with E-state index in [2.05, 4.69) is 0 Å². The Morgan fingerprint density at radius 3 is 2.32 bits per heavy atom. The Balaban J connectivity index is 2.10. The Morgan fingerprint density at radius 2 is 1.74 bits per heavy atom. The van der Waals surface area contributed by atoms with E-state index in [0.717, 1.165) is 0 Å². The lowest BCUT2D eigenvalue weighted by molar-refractivity contribution is -0.257. The molecule has 0 saturated heterocycles. The molecule has 5 nitrogen and oxygen atoms in total. The highest BCUT2D eigenvalue weighted by Gasteiger charge is 2.15. The highest BCUT2D eigenvalue weighted by atomic mass is 32.2. The van der Waals surface area contributed by atoms with E-state index in [-0.39, 0.29) is 23.0 Å². The summed E-state index contributed by atoms with van der Waals surface area (Å²) < 4.78 is 28.7. The molecule has 0 radical (unpaired) electrons. The molecule has 100 valence electrons. The van der Waals surface area contributed by atoms with E-state index in [1.165, 1.54) is 12.1 Å². The molecule has 0 aliphatic heterocycles. The third-order valence-corrected chi connectivity index (χ3v) is 3.95. The molecular weight excluding hydrogens is 268 g/mol. The predicted molar refractivity (Wildman–Crippen MR) is 65.8 cm³/mol. The molecule has 0 aliphatic carbocycles. The molecule has 0 spiro atoms. The fourth-order valence-electron chi connectivity index (χ4n) is 1.66. The molecule has 1 aromatic heterocycles. The van der Waals surface area contributed by atoms with Gasteiger partial charge in [0.15, 0.2) is 9.84 Å². The van der Waals surface area contributed by atoms with Crippen molar-refractivity contribution in [3.63, 3.8) is 0 Å². The highest BCUT2D eigenvalue weighted by molar-refractivity contribution is 7.89. The summed E-state index contributed by atoms with van der Waals surface area (Å²) in [5.41, 5.74) is 0.675. The minimum atomic E-state index is -3.41. The second-order valence-corrected chi connectivity index (χ2v) is 6.14. The molecule has 0 amide bonds. The van der Waals surface area contributed by atoms with Crippen LogP contribution in [0.4, 0.5) is 0 Å². The molecule has 0 fully saturated rings. The Morgan fingerprint density at radius 1 is 1.05 bits per heavy atom. The van der Waals surface area contributed by atoms with E-state index in [4.69, 9.17) is 4.42 Å². The largest absolute Gasteiger partial charge is 0.542 e. The number of benzene rings is 1. The van der Waals surface area contributed by atoms with Crippen LogP contribution in [0.15, 0.2) is 46.9 Å². The SMILES string of the molecule is O=C([O-])c1ccc(CS(=O)(=O)Cc2ccccc2)o1. The van der Waals surface area contributed by atoms with E-state index < -0.39 is 15.8 Å². The van der Waals surface area contributed by atoms with E-state index in [1.54, 1.807) is 30.3 Å². The van der Waals surface area contributed by atoms with Gasteiger partial charge in [-0.2, -0.15) is 0 Å². The summed E-state index contributed by atoms with van der Waals surface area (Å²) in [6.07, 6.45) is 0. The number of hydrogen-bond acceptors (Lipinski definition) is 5. The number of aromatic carboxylic acids is 1. The molecule has 2 aromatic rings. The Hall–Kier alpha value is -2.08. The first-order valence-corrected chi connectivity index (χ1v) is 7.33. The number of hydrogen-bond donors (Lipinski definition) is 0. The number of carboxylic acid groups (broad SMARTS) is 1. The van der Waals surface area contributed by atoms with Crippen molar-refractivity contribution in [3.8, 4) is 0 Å². The van der Waals surface area contributed by atoms with Gasteiger partial charge in [-0.1, -0.05) is 30.3 Å². The van der Waals surface area contributed by atoms with Gasteiger partial charge in [-0.05, 0) is 17.7 Å². The van der Waals surface area contributed by atoms with Crippen molar-refractivity contribution in [1.29, 1.82) is 0 Å². The van der Waals surface area contributed by atoms with Gasteiger partial charge in [0, 0.05) is 0 Å². The maximum absolute atomic E-state index is 11.9. The summed E-state index contributed by atoms with van der Waals surface area (Å²) >= 11 is 0. The van der Waals surface area contributed by atoms with E-state index in [0.29, 0.717) is 5.56 Å². The van der Waals surface area contributed by atoms with Gasteiger partial charge in [-0.3, -0.25) is 0 Å². The number of furan rings is 1. The molecular formula is C13H11O5S-. The lowest BCUT2D eigenvalue weighted by Gasteiger charge is -2.03. The van der Waals surface area contributed by atoms with Crippen molar-refractivity contribution < 1.29 is 22.7 Å². The Labute approximate surface area is 110 Å². The van der Waals surface area contributed by atoms with Crippen LogP contribution in [-0.2, 0) is 21.3 Å². The minimum Gasteiger partial charge on any atom is -0.542 e. The van der Waals surface area contributed by atoms with Gasteiger partial charge in [0.25, 0.3) is 0 Å². The average molecular weight is 279 g/mol. The van der Waals surface area contributed by atoms with Gasteiger partial charge in [0.1, 0.15) is 23.2 Å². The first kappa shape index (κ1) is 13.4. The monoisotopic (exact) mass is 279 g/mol. The zero-order chi connectivity index (χ0) is 13.9. The van der Waals surface area contributed by atoms with Crippen LogP contribution >= 0.6 is 0 Å². The van der Waals surface area contributed by atoms with Crippen molar-refractivity contribution in [1.82, 2.24) is 0 Å². The van der Waals surface area contributed by atoms with Crippen molar-refractivity contribution in [2.24, 2.45) is 0 Å². The van der Waals surface area contributed by atoms with Gasteiger partial charge in [0.05, 0.1) is 5.75 Å². The van der Waals surface area contributed by atoms with Crippen molar-refractivity contribution in [3.05, 3.63) is 59.5 Å². The van der Waals surface area contributed by atoms with Crippen LogP contribution in [-0.4, -0.2) is 14.4 Å². The van der Waals surface area contributed by atoms with E-state index in [1.807, 2.05) is 0 Å². The van der Waals surface area contributed by atoms with Crippen LogP contribution in [0.1, 0.15) is 21.9 Å². The Bertz CT molecular complexity index is 670. The maximum Gasteiger partial charge on any atom is 0.161 e. The summed E-state index contributed by atoms with van der Waals surface area (Å²) in [5.74, 6) is -2.20. The third-order valence-electron chi connectivity index (χ3n) is 2.45. The van der Waals surface area contributed by atoms with Crippen molar-refractivity contribution >= 4 is 15.8 Å². The van der Waals surface area contributed by atoms with Crippen LogP contribution in [0, 0.1) is 0 Å². The number of sulfone groups is 1. The maximum atomic E-state index is 11.9. The summed E-state index contributed by atoms with van der Waals surface area (Å²) in [6, 6.07) is 11.3. The Kier molecular flexibility index (Phi) is 3.71. The quantitative estimate of drug-likeness (QED) is 0.806. The second kappa shape index (κ2) is 5.27. The van der Waals surface area contributed by atoms with Gasteiger partial charge < -0.3 is 14.3 Å². The lowest BCUT2D eigenvalue weighted by Crippen LogP contribution is -2.21. The number of carboxylic acids is 1. The van der Waals surface area contributed by atoms with Crippen LogP contribution in [0.25, 0.3) is 0 Å². The molecule has 0 saturated carbocycles. The van der Waals surface area contributed by atoms with Crippen molar-refractivity contribution in [2.75, 3.05) is 0 Å². The van der Waals surface area contributed by atoms with Gasteiger partial charge >= 0.3 is 0 Å². The molecule has 19 heavy (non-hydrogen) atoms. The minimum absolute atomic E-state index is 0.0927. The number of carbonyl (C=O) groups excluding carboxylic acids is 1. The molecule has 0 N–H and O–H groups in total. The molecule has 2 rings (SSSR count). The molecule has 0 aliphatic rings. The summed E-state index contributed by atoms with van der Waals surface area (Å²) in [7, 11) is -3.41. The van der Waals surface area contributed by atoms with Gasteiger partial charge in [-0.15, -0.1) is 0 Å². The molecule has 6 heteroatoms. The van der Waals surface area contributed by atoms with Crippen molar-refractivity contribution in [2.45, 2.75) is 11.5 Å². The predicted octanol–water partition coefficient (Wildman–Crippen LogP) is 0.758. The number of carbonyl (C=O) groups is 1. The van der Waals surface area contributed by atoms with E-state index >= 15 is 0 Å². The third kappa shape index (κ3) is 3.69. The zero-order valence-corrected chi connectivity index (χ0v) is 10.7. The first-order valence-electron chi connectivity index (χ1n) is 5.51. The van der Waals surface area contributed by atoms with Crippen LogP contribution in [0.5, 0.6) is 0 Å². The topological polar surface area (TPSA) is 87.4 Å². The lowest BCUT2D eigenvalue weighted by atomic mass is 10.2. The van der Waals surface area contributed by atoms with Gasteiger partial charge in [0.2, 0.25) is 0 Å². The fraction of sp³-hybridized carbons (Fsp3) is 0.154. The normalized spacial score (nSPS) is 11.4. The van der Waals surface area contributed by atoms with Gasteiger partial charge in [-0.25, -0.2) is 8.42 Å². The zero-order valence-electron chi connectivity index (χ0n) is 9.91. The number of rotatable bonds is 5. The first-order chi connectivity index (χ1) is 8.96. The summed E-state index contributed by atoms with van der Waals surface area (Å²) in [5, 5.41) is 10.5. The summed E-state index contributed by atoms with van der Waals surface area (Å²) in [6.45, 7) is 0. The summed E-state index contributed by atoms with van der Waals surface area (Å²) in [4.78, 5) is 10.5. The highest BCUT2D eigenvalue weighted by Crippen LogP contribution is 2.14. The molecule has 0 bridgehead atoms. The molecule has 1 aromatic carbocycles. The van der Waals surface area contributed by atoms with E-state index in [9.17, 15) is 18.3 Å². The molecule has 0 unspecified atom stereocenters. The van der Waals surface area contributed by atoms with Crippen LogP contribution < -0.4 is 5.11 Å². The fourth-order valence-corrected chi connectivity index (χ4v) is 3.05. The smallest absolute Gasteiger partial charge is 0.161 e. The second-order valence-electron chi connectivity index (χ2n) is 4.07. The molecule has 1 heterocycles. The van der Waals surface area contributed by atoms with Crippen LogP contribution in [0.3, 0.4) is 0 Å². The van der Waals surface area contributed by atoms with Crippen LogP contribution in [0.2, 0.25) is 0 Å². The average Bonchev–Trinajstić information content (AvgIpc) is 2.77.